The maximum atomic E-state index is 5.83. The van der Waals surface area contributed by atoms with Crippen LogP contribution >= 0.6 is 11.6 Å². The fourth-order valence-corrected chi connectivity index (χ4v) is 1.65. The highest BCUT2D eigenvalue weighted by molar-refractivity contribution is 6.28. The van der Waals surface area contributed by atoms with Crippen LogP contribution in [0.4, 0.5) is 5.82 Å². The summed E-state index contributed by atoms with van der Waals surface area (Å²) < 4.78 is 5.26. The number of hydrogen-bond acceptors (Lipinski definition) is 6. The first-order valence-corrected chi connectivity index (χ1v) is 6.15. The minimum atomic E-state index is 0.162. The van der Waals surface area contributed by atoms with E-state index in [2.05, 4.69) is 25.3 Å². The number of nitrogens with one attached hydrogen (secondary N) is 1. The van der Waals surface area contributed by atoms with E-state index in [1.54, 1.807) is 12.4 Å². The molecule has 0 aliphatic heterocycles. The third-order valence-corrected chi connectivity index (χ3v) is 2.44. The van der Waals surface area contributed by atoms with Gasteiger partial charge in [-0.1, -0.05) is 0 Å². The highest BCUT2D eigenvalue weighted by Gasteiger charge is 2.07. The molecule has 0 amide bonds. The summed E-state index contributed by atoms with van der Waals surface area (Å²) >= 11 is 5.83. The summed E-state index contributed by atoms with van der Waals surface area (Å²) in [6.07, 6.45) is 4.06. The van der Waals surface area contributed by atoms with Crippen LogP contribution in [-0.4, -0.2) is 39.7 Å². The van der Waals surface area contributed by atoms with E-state index in [1.807, 2.05) is 6.92 Å². The van der Waals surface area contributed by atoms with Gasteiger partial charge >= 0.3 is 0 Å². The van der Waals surface area contributed by atoms with Gasteiger partial charge in [0, 0.05) is 32.2 Å². The Labute approximate surface area is 110 Å². The number of rotatable bonds is 6. The van der Waals surface area contributed by atoms with Crippen molar-refractivity contribution in [3.05, 3.63) is 17.7 Å². The fourth-order valence-electron chi connectivity index (χ4n) is 1.49. The van der Waals surface area contributed by atoms with Crippen molar-refractivity contribution in [2.75, 3.05) is 25.1 Å². The molecular formula is C11H14ClN5O. The molecule has 0 aliphatic carbocycles. The topological polar surface area (TPSA) is 72.8 Å². The van der Waals surface area contributed by atoms with Crippen molar-refractivity contribution >= 4 is 28.6 Å². The number of anilines is 1. The SMILES string of the molecule is CCOCCCNc1nc(Cl)nc2nccnc12. The zero-order chi connectivity index (χ0) is 12.8. The summed E-state index contributed by atoms with van der Waals surface area (Å²) in [4.78, 5) is 16.4. The molecule has 18 heavy (non-hydrogen) atoms. The van der Waals surface area contributed by atoms with Gasteiger partial charge in [0.25, 0.3) is 0 Å². The van der Waals surface area contributed by atoms with Crippen LogP contribution in [-0.2, 0) is 4.74 Å². The Morgan fingerprint density at radius 1 is 1.28 bits per heavy atom. The minimum Gasteiger partial charge on any atom is -0.382 e. The Morgan fingerprint density at radius 2 is 2.11 bits per heavy atom. The summed E-state index contributed by atoms with van der Waals surface area (Å²) in [6, 6.07) is 0. The van der Waals surface area contributed by atoms with E-state index in [1.165, 1.54) is 0 Å². The average molecular weight is 268 g/mol. The van der Waals surface area contributed by atoms with Crippen molar-refractivity contribution in [3.63, 3.8) is 0 Å². The van der Waals surface area contributed by atoms with Gasteiger partial charge in [0.1, 0.15) is 0 Å². The number of aromatic nitrogens is 4. The highest BCUT2D eigenvalue weighted by Crippen LogP contribution is 2.17. The quantitative estimate of drug-likeness (QED) is 0.637. The van der Waals surface area contributed by atoms with Crippen molar-refractivity contribution in [2.24, 2.45) is 0 Å². The lowest BCUT2D eigenvalue weighted by atomic mass is 10.4. The van der Waals surface area contributed by atoms with Gasteiger partial charge in [-0.3, -0.25) is 0 Å². The first-order valence-electron chi connectivity index (χ1n) is 5.77. The molecule has 1 N–H and O–H groups in total. The average Bonchev–Trinajstić information content (AvgIpc) is 2.38. The van der Waals surface area contributed by atoms with Crippen molar-refractivity contribution < 1.29 is 4.74 Å². The Kier molecular flexibility index (Phi) is 4.60. The van der Waals surface area contributed by atoms with E-state index in [-0.39, 0.29) is 5.28 Å². The normalized spacial score (nSPS) is 10.8. The summed E-state index contributed by atoms with van der Waals surface area (Å²) in [5, 5.41) is 3.33. The molecule has 0 atom stereocenters. The van der Waals surface area contributed by atoms with E-state index >= 15 is 0 Å². The summed E-state index contributed by atoms with van der Waals surface area (Å²) in [7, 11) is 0. The molecule has 2 rings (SSSR count). The van der Waals surface area contributed by atoms with Gasteiger partial charge < -0.3 is 10.1 Å². The molecule has 0 radical (unpaired) electrons. The zero-order valence-electron chi connectivity index (χ0n) is 10.1. The van der Waals surface area contributed by atoms with Crippen molar-refractivity contribution in [1.29, 1.82) is 0 Å². The van der Waals surface area contributed by atoms with Crippen molar-refractivity contribution in [2.45, 2.75) is 13.3 Å². The maximum absolute atomic E-state index is 5.83. The third-order valence-electron chi connectivity index (χ3n) is 2.27. The Hall–Kier alpha value is -1.53. The predicted octanol–water partition coefficient (Wildman–Crippen LogP) is 1.91. The first-order chi connectivity index (χ1) is 8.81. The van der Waals surface area contributed by atoms with Gasteiger partial charge in [-0.05, 0) is 24.9 Å². The van der Waals surface area contributed by atoms with Crippen LogP contribution in [0.2, 0.25) is 5.28 Å². The predicted molar refractivity (Wildman–Crippen MR) is 69.7 cm³/mol. The lowest BCUT2D eigenvalue weighted by Gasteiger charge is -2.07. The van der Waals surface area contributed by atoms with E-state index in [9.17, 15) is 0 Å². The number of nitrogens with zero attached hydrogens (tertiary/aromatic N) is 4. The fraction of sp³-hybridized carbons (Fsp3) is 0.455. The van der Waals surface area contributed by atoms with E-state index in [4.69, 9.17) is 16.3 Å². The largest absolute Gasteiger partial charge is 0.382 e. The first kappa shape index (κ1) is 12.9. The molecule has 0 spiro atoms. The van der Waals surface area contributed by atoms with Gasteiger partial charge in [0.05, 0.1) is 0 Å². The van der Waals surface area contributed by atoms with Crippen LogP contribution in [0.3, 0.4) is 0 Å². The summed E-state index contributed by atoms with van der Waals surface area (Å²) in [5.74, 6) is 0.606. The molecule has 2 aromatic heterocycles. The van der Waals surface area contributed by atoms with E-state index in [0.717, 1.165) is 19.6 Å². The summed E-state index contributed by atoms with van der Waals surface area (Å²) in [6.45, 7) is 4.15. The third kappa shape index (κ3) is 3.24. The van der Waals surface area contributed by atoms with Gasteiger partial charge in [-0.15, -0.1) is 0 Å². The summed E-state index contributed by atoms with van der Waals surface area (Å²) in [5.41, 5.74) is 1.11. The molecule has 96 valence electrons. The van der Waals surface area contributed by atoms with Crippen LogP contribution in [0.1, 0.15) is 13.3 Å². The van der Waals surface area contributed by atoms with Crippen LogP contribution in [0.25, 0.3) is 11.2 Å². The number of ether oxygens (including phenoxy) is 1. The molecule has 2 heterocycles. The molecule has 2 aromatic rings. The van der Waals surface area contributed by atoms with Gasteiger partial charge in [-0.2, -0.15) is 9.97 Å². The second-order valence-electron chi connectivity index (χ2n) is 3.55. The second-order valence-corrected chi connectivity index (χ2v) is 3.89. The number of hydrogen-bond donors (Lipinski definition) is 1. The molecule has 0 fully saturated rings. The maximum Gasteiger partial charge on any atom is 0.226 e. The van der Waals surface area contributed by atoms with Gasteiger partial charge in [0.15, 0.2) is 17.0 Å². The molecule has 0 saturated heterocycles. The highest BCUT2D eigenvalue weighted by atomic mass is 35.5. The van der Waals surface area contributed by atoms with Crippen molar-refractivity contribution in [1.82, 2.24) is 19.9 Å². The Balaban J connectivity index is 2.07. The lowest BCUT2D eigenvalue weighted by molar-refractivity contribution is 0.147. The van der Waals surface area contributed by atoms with Gasteiger partial charge in [-0.25, -0.2) is 9.97 Å². The van der Waals surface area contributed by atoms with Crippen LogP contribution in [0.15, 0.2) is 12.4 Å². The smallest absolute Gasteiger partial charge is 0.226 e. The Morgan fingerprint density at radius 3 is 2.94 bits per heavy atom. The molecule has 6 nitrogen and oxygen atoms in total. The molecular weight excluding hydrogens is 254 g/mol. The van der Waals surface area contributed by atoms with Gasteiger partial charge in [0.2, 0.25) is 5.28 Å². The molecule has 0 bridgehead atoms. The van der Waals surface area contributed by atoms with E-state index in [0.29, 0.717) is 23.6 Å². The number of halogens is 1. The second kappa shape index (κ2) is 6.42. The number of fused-ring (bicyclic) bond motifs is 1. The molecule has 0 saturated carbocycles. The molecule has 0 aliphatic rings. The molecule has 0 aromatic carbocycles. The van der Waals surface area contributed by atoms with Crippen LogP contribution < -0.4 is 5.32 Å². The van der Waals surface area contributed by atoms with Crippen molar-refractivity contribution in [3.8, 4) is 0 Å². The van der Waals surface area contributed by atoms with Crippen LogP contribution in [0, 0.1) is 0 Å². The monoisotopic (exact) mass is 267 g/mol. The van der Waals surface area contributed by atoms with E-state index < -0.39 is 0 Å². The standard InChI is InChI=1S/C11H14ClN5O/c1-2-18-7-3-4-14-9-8-10(15-6-5-13-8)17-11(12)16-9/h5-6H,2-4,7H2,1H3,(H,14,15,16,17). The molecule has 7 heteroatoms. The molecule has 0 unspecified atom stereocenters. The Bertz CT molecular complexity index is 522. The van der Waals surface area contributed by atoms with Crippen LogP contribution in [0.5, 0.6) is 0 Å². The minimum absolute atomic E-state index is 0.162. The lowest BCUT2D eigenvalue weighted by Crippen LogP contribution is -2.08. The zero-order valence-corrected chi connectivity index (χ0v) is 10.8.